The number of nitrogens with one attached hydrogen (secondary N) is 1. The van der Waals surface area contributed by atoms with Gasteiger partial charge in [0.15, 0.2) is 0 Å². The molecule has 0 saturated heterocycles. The Kier molecular flexibility index (Phi) is 6.25. The maximum Gasteiger partial charge on any atom is 0.269 e. The highest BCUT2D eigenvalue weighted by Crippen LogP contribution is 2.24. The third-order valence-electron chi connectivity index (χ3n) is 4.38. The van der Waals surface area contributed by atoms with Crippen LogP contribution in [-0.2, 0) is 11.2 Å². The lowest BCUT2D eigenvalue weighted by Gasteiger charge is -2.20. The largest absolute Gasteiger partial charge is 0.344 e. The van der Waals surface area contributed by atoms with E-state index >= 15 is 0 Å². The van der Waals surface area contributed by atoms with E-state index in [9.17, 15) is 14.9 Å². The standard InChI is InChI=1S/C22H24N4O4/c1-22(2,3)14-19(27)23-18(13-15-7-5-4-6-8-15)21-24-20(25-30-21)16-9-11-17(12-10-16)26(28)29/h4-12,18H,13-14H2,1-3H3,(H,23,27)/t18-/m0/s1. The quantitative estimate of drug-likeness (QED) is 0.456. The van der Waals surface area contributed by atoms with Gasteiger partial charge in [0.25, 0.3) is 5.69 Å². The molecule has 0 bridgehead atoms. The minimum absolute atomic E-state index is 0.0149. The Bertz CT molecular complexity index is 1010. The highest BCUT2D eigenvalue weighted by Gasteiger charge is 2.25. The molecule has 0 fully saturated rings. The van der Waals surface area contributed by atoms with E-state index in [1.165, 1.54) is 12.1 Å². The van der Waals surface area contributed by atoms with E-state index in [4.69, 9.17) is 4.52 Å². The van der Waals surface area contributed by atoms with Gasteiger partial charge in [-0.15, -0.1) is 0 Å². The monoisotopic (exact) mass is 408 g/mol. The second-order valence-electron chi connectivity index (χ2n) is 8.31. The summed E-state index contributed by atoms with van der Waals surface area (Å²) in [6.07, 6.45) is 0.861. The summed E-state index contributed by atoms with van der Waals surface area (Å²) < 4.78 is 5.45. The zero-order valence-corrected chi connectivity index (χ0v) is 17.2. The van der Waals surface area contributed by atoms with E-state index in [1.807, 2.05) is 51.1 Å². The Morgan fingerprint density at radius 3 is 2.40 bits per heavy atom. The molecule has 1 aromatic heterocycles. The molecule has 0 saturated carbocycles. The summed E-state index contributed by atoms with van der Waals surface area (Å²) in [7, 11) is 0. The predicted octanol–water partition coefficient (Wildman–Crippen LogP) is 4.48. The summed E-state index contributed by atoms with van der Waals surface area (Å²) in [5.74, 6) is 0.496. The highest BCUT2D eigenvalue weighted by atomic mass is 16.6. The van der Waals surface area contributed by atoms with Crippen LogP contribution >= 0.6 is 0 Å². The van der Waals surface area contributed by atoms with Crippen molar-refractivity contribution in [1.29, 1.82) is 0 Å². The van der Waals surface area contributed by atoms with Gasteiger partial charge in [0.05, 0.1) is 4.92 Å². The van der Waals surface area contributed by atoms with E-state index in [2.05, 4.69) is 15.5 Å². The molecule has 2 aromatic carbocycles. The maximum absolute atomic E-state index is 12.5. The summed E-state index contributed by atoms with van der Waals surface area (Å²) in [6.45, 7) is 5.99. The fourth-order valence-corrected chi connectivity index (χ4v) is 3.00. The first-order valence-corrected chi connectivity index (χ1v) is 9.63. The van der Waals surface area contributed by atoms with Crippen LogP contribution in [0.4, 0.5) is 5.69 Å². The van der Waals surface area contributed by atoms with Crippen molar-refractivity contribution >= 4 is 11.6 Å². The van der Waals surface area contributed by atoms with E-state index in [0.717, 1.165) is 5.56 Å². The van der Waals surface area contributed by atoms with E-state index in [-0.39, 0.29) is 22.9 Å². The zero-order chi connectivity index (χ0) is 21.7. The summed E-state index contributed by atoms with van der Waals surface area (Å²) in [4.78, 5) is 27.4. The van der Waals surface area contributed by atoms with Gasteiger partial charge in [0.1, 0.15) is 6.04 Å². The van der Waals surface area contributed by atoms with Crippen LogP contribution in [0.15, 0.2) is 59.1 Å². The van der Waals surface area contributed by atoms with Crippen molar-refractivity contribution < 1.29 is 14.2 Å². The Hall–Kier alpha value is -3.55. The number of nitro benzene ring substituents is 1. The van der Waals surface area contributed by atoms with Crippen LogP contribution in [0.5, 0.6) is 0 Å². The second-order valence-corrected chi connectivity index (χ2v) is 8.31. The first kappa shape index (κ1) is 21.2. The molecule has 1 N–H and O–H groups in total. The number of hydrogen-bond acceptors (Lipinski definition) is 6. The minimum Gasteiger partial charge on any atom is -0.344 e. The number of nitrogens with zero attached hydrogens (tertiary/aromatic N) is 3. The molecular formula is C22H24N4O4. The second kappa shape index (κ2) is 8.86. The number of hydrogen-bond donors (Lipinski definition) is 1. The number of carbonyl (C=O) groups is 1. The normalized spacial score (nSPS) is 12.4. The van der Waals surface area contributed by atoms with Gasteiger partial charge in [0, 0.05) is 30.5 Å². The molecule has 0 unspecified atom stereocenters. The van der Waals surface area contributed by atoms with Gasteiger partial charge in [-0.25, -0.2) is 0 Å². The van der Waals surface area contributed by atoms with E-state index in [1.54, 1.807) is 12.1 Å². The Morgan fingerprint density at radius 1 is 1.13 bits per heavy atom. The van der Waals surface area contributed by atoms with Crippen molar-refractivity contribution in [2.75, 3.05) is 0 Å². The number of carbonyl (C=O) groups excluding carboxylic acids is 1. The average Bonchev–Trinajstić information content (AvgIpc) is 3.17. The van der Waals surface area contributed by atoms with E-state index in [0.29, 0.717) is 24.2 Å². The first-order chi connectivity index (χ1) is 14.2. The molecular weight excluding hydrogens is 384 g/mol. The van der Waals surface area contributed by atoms with Gasteiger partial charge >= 0.3 is 0 Å². The van der Waals surface area contributed by atoms with Crippen molar-refractivity contribution in [3.8, 4) is 11.4 Å². The molecule has 156 valence electrons. The van der Waals surface area contributed by atoms with Crippen molar-refractivity contribution in [2.45, 2.75) is 39.7 Å². The molecule has 30 heavy (non-hydrogen) atoms. The van der Waals surface area contributed by atoms with Crippen LogP contribution in [-0.4, -0.2) is 21.0 Å². The van der Waals surface area contributed by atoms with Crippen molar-refractivity contribution in [3.63, 3.8) is 0 Å². The Morgan fingerprint density at radius 2 is 1.80 bits per heavy atom. The van der Waals surface area contributed by atoms with Crippen LogP contribution in [0, 0.1) is 15.5 Å². The topological polar surface area (TPSA) is 111 Å². The Balaban J connectivity index is 1.84. The first-order valence-electron chi connectivity index (χ1n) is 9.63. The number of rotatable bonds is 7. The molecule has 8 heteroatoms. The van der Waals surface area contributed by atoms with Gasteiger partial charge in [-0.1, -0.05) is 56.3 Å². The van der Waals surface area contributed by atoms with Crippen LogP contribution in [0.1, 0.15) is 44.7 Å². The third-order valence-corrected chi connectivity index (χ3v) is 4.38. The lowest BCUT2D eigenvalue weighted by Crippen LogP contribution is -2.32. The van der Waals surface area contributed by atoms with Crippen molar-refractivity contribution in [3.05, 3.63) is 76.2 Å². The molecule has 0 aliphatic heterocycles. The van der Waals surface area contributed by atoms with Gasteiger partial charge in [-0.05, 0) is 23.1 Å². The fourth-order valence-electron chi connectivity index (χ4n) is 3.00. The average molecular weight is 408 g/mol. The third kappa shape index (κ3) is 5.73. The maximum atomic E-state index is 12.5. The summed E-state index contributed by atoms with van der Waals surface area (Å²) in [6, 6.07) is 15.1. The van der Waals surface area contributed by atoms with Gasteiger partial charge < -0.3 is 9.84 Å². The lowest BCUT2D eigenvalue weighted by atomic mass is 9.91. The van der Waals surface area contributed by atoms with Gasteiger partial charge in [-0.2, -0.15) is 4.98 Å². The van der Waals surface area contributed by atoms with Gasteiger partial charge in [0.2, 0.25) is 17.6 Å². The molecule has 1 amide bonds. The molecule has 1 atom stereocenters. The Labute approximate surface area is 174 Å². The zero-order valence-electron chi connectivity index (χ0n) is 17.2. The van der Waals surface area contributed by atoms with Crippen molar-refractivity contribution in [1.82, 2.24) is 15.5 Å². The van der Waals surface area contributed by atoms with Crippen LogP contribution in [0.3, 0.4) is 0 Å². The van der Waals surface area contributed by atoms with Crippen molar-refractivity contribution in [2.24, 2.45) is 5.41 Å². The lowest BCUT2D eigenvalue weighted by molar-refractivity contribution is -0.384. The van der Waals surface area contributed by atoms with E-state index < -0.39 is 11.0 Å². The fraction of sp³-hybridized carbons (Fsp3) is 0.318. The SMILES string of the molecule is CC(C)(C)CC(=O)N[C@@H](Cc1ccccc1)c1nc(-c2ccc([N+](=O)[O-])cc2)no1. The molecule has 0 aliphatic rings. The molecule has 0 radical (unpaired) electrons. The summed E-state index contributed by atoms with van der Waals surface area (Å²) in [5, 5.41) is 17.8. The highest BCUT2D eigenvalue weighted by molar-refractivity contribution is 5.77. The molecule has 3 rings (SSSR count). The molecule has 8 nitrogen and oxygen atoms in total. The number of benzene rings is 2. The number of amides is 1. The van der Waals surface area contributed by atoms with Crippen LogP contribution in [0.2, 0.25) is 0 Å². The number of nitro groups is 1. The molecule has 1 heterocycles. The number of non-ortho nitro benzene ring substituents is 1. The molecule has 3 aromatic rings. The molecule has 0 aliphatic carbocycles. The van der Waals surface area contributed by atoms with Gasteiger partial charge in [-0.3, -0.25) is 14.9 Å². The minimum atomic E-state index is -0.485. The predicted molar refractivity (Wildman–Crippen MR) is 111 cm³/mol. The number of aromatic nitrogens is 2. The summed E-state index contributed by atoms with van der Waals surface area (Å²) >= 11 is 0. The molecule has 0 spiro atoms. The van der Waals surface area contributed by atoms with Crippen LogP contribution in [0.25, 0.3) is 11.4 Å². The summed E-state index contributed by atoms with van der Waals surface area (Å²) in [5.41, 5.74) is 1.45. The van der Waals surface area contributed by atoms with Crippen LogP contribution < -0.4 is 5.32 Å². The smallest absolute Gasteiger partial charge is 0.269 e.